The number of hydrogen-bond donors (Lipinski definition) is 2. The van der Waals surface area contributed by atoms with E-state index in [9.17, 15) is 9.90 Å². The molecule has 4 aliphatic rings. The lowest BCUT2D eigenvalue weighted by molar-refractivity contribution is -0.163. The average Bonchev–Trinajstić information content (AvgIpc) is 2.08. The van der Waals surface area contributed by atoms with Gasteiger partial charge in [-0.1, -0.05) is 0 Å². The van der Waals surface area contributed by atoms with Crippen molar-refractivity contribution >= 4 is 5.97 Å². The fourth-order valence-electron chi connectivity index (χ4n) is 4.62. The van der Waals surface area contributed by atoms with Gasteiger partial charge < -0.3 is 10.2 Å². The van der Waals surface area contributed by atoms with Crippen LogP contribution in [0.1, 0.15) is 38.5 Å². The fourth-order valence-corrected chi connectivity index (χ4v) is 4.62. The van der Waals surface area contributed by atoms with Crippen LogP contribution in [0.25, 0.3) is 0 Å². The molecule has 3 nitrogen and oxygen atoms in total. The SMILES string of the molecule is O=C(O)CC1C2CC3CC1CC(O)(C3)C2. The smallest absolute Gasteiger partial charge is 0.303 e. The van der Waals surface area contributed by atoms with Crippen molar-refractivity contribution in [2.45, 2.75) is 44.1 Å². The molecule has 4 saturated carbocycles. The first-order valence-electron chi connectivity index (χ1n) is 6.00. The molecule has 84 valence electrons. The monoisotopic (exact) mass is 210 g/mol. The lowest BCUT2D eigenvalue weighted by atomic mass is 9.49. The molecule has 2 atom stereocenters. The van der Waals surface area contributed by atoms with E-state index in [1.165, 1.54) is 0 Å². The maximum Gasteiger partial charge on any atom is 0.303 e. The maximum atomic E-state index is 10.8. The summed E-state index contributed by atoms with van der Waals surface area (Å²) in [5, 5.41) is 19.2. The molecule has 2 N–H and O–H groups in total. The molecule has 0 aromatic carbocycles. The molecule has 0 spiro atoms. The maximum absolute atomic E-state index is 10.8. The van der Waals surface area contributed by atoms with E-state index in [1.807, 2.05) is 0 Å². The third-order valence-electron chi connectivity index (χ3n) is 4.85. The molecule has 15 heavy (non-hydrogen) atoms. The highest BCUT2D eigenvalue weighted by molar-refractivity contribution is 5.67. The van der Waals surface area contributed by atoms with E-state index in [1.54, 1.807) is 0 Å². The second kappa shape index (κ2) is 2.97. The number of aliphatic hydroxyl groups is 1. The van der Waals surface area contributed by atoms with Crippen LogP contribution in [0.5, 0.6) is 0 Å². The van der Waals surface area contributed by atoms with E-state index in [0.29, 0.717) is 30.1 Å². The third kappa shape index (κ3) is 1.48. The molecule has 0 amide bonds. The average molecular weight is 210 g/mol. The van der Waals surface area contributed by atoms with Crippen LogP contribution in [0.15, 0.2) is 0 Å². The topological polar surface area (TPSA) is 57.5 Å². The van der Waals surface area contributed by atoms with Crippen LogP contribution in [0, 0.1) is 23.7 Å². The molecule has 0 heterocycles. The molecule has 0 aromatic heterocycles. The summed E-state index contributed by atoms with van der Waals surface area (Å²) in [6.45, 7) is 0. The van der Waals surface area contributed by atoms with Gasteiger partial charge in [0.25, 0.3) is 0 Å². The third-order valence-corrected chi connectivity index (χ3v) is 4.85. The van der Waals surface area contributed by atoms with Crippen molar-refractivity contribution in [2.75, 3.05) is 0 Å². The number of carboxylic acids is 1. The first kappa shape index (κ1) is 9.64. The Bertz CT molecular complexity index is 283. The van der Waals surface area contributed by atoms with Gasteiger partial charge in [0.15, 0.2) is 0 Å². The van der Waals surface area contributed by atoms with Crippen LogP contribution < -0.4 is 0 Å². The second-order valence-electron chi connectivity index (χ2n) is 5.96. The predicted molar refractivity (Wildman–Crippen MR) is 54.2 cm³/mol. The molecule has 0 radical (unpaired) electrons. The highest BCUT2D eigenvalue weighted by Crippen LogP contribution is 2.58. The van der Waals surface area contributed by atoms with Crippen LogP contribution in [0.2, 0.25) is 0 Å². The van der Waals surface area contributed by atoms with E-state index < -0.39 is 11.6 Å². The Kier molecular flexibility index (Phi) is 1.91. The van der Waals surface area contributed by atoms with Crippen LogP contribution in [-0.4, -0.2) is 21.8 Å². The molecule has 4 aliphatic carbocycles. The second-order valence-corrected chi connectivity index (χ2v) is 5.96. The molecule has 4 rings (SSSR count). The lowest BCUT2D eigenvalue weighted by Gasteiger charge is -2.58. The molecular weight excluding hydrogens is 192 g/mol. The van der Waals surface area contributed by atoms with Gasteiger partial charge in [0, 0.05) is 6.42 Å². The van der Waals surface area contributed by atoms with Crippen LogP contribution in [0.4, 0.5) is 0 Å². The van der Waals surface area contributed by atoms with E-state index in [2.05, 4.69) is 0 Å². The minimum Gasteiger partial charge on any atom is -0.481 e. The predicted octanol–water partition coefficient (Wildman–Crippen LogP) is 1.65. The van der Waals surface area contributed by atoms with Gasteiger partial charge in [-0.15, -0.1) is 0 Å². The number of carbonyl (C=O) groups is 1. The van der Waals surface area contributed by atoms with E-state index in [-0.39, 0.29) is 0 Å². The van der Waals surface area contributed by atoms with Gasteiger partial charge >= 0.3 is 5.97 Å². The Balaban J connectivity index is 1.82. The molecule has 4 fully saturated rings. The summed E-state index contributed by atoms with van der Waals surface area (Å²) < 4.78 is 0. The summed E-state index contributed by atoms with van der Waals surface area (Å²) in [6.07, 6.45) is 5.33. The normalized spacial score (nSPS) is 52.1. The molecule has 0 aromatic rings. The van der Waals surface area contributed by atoms with Crippen molar-refractivity contribution in [3.63, 3.8) is 0 Å². The quantitative estimate of drug-likeness (QED) is 0.728. The summed E-state index contributed by atoms with van der Waals surface area (Å²) in [4.78, 5) is 10.8. The van der Waals surface area contributed by atoms with E-state index in [4.69, 9.17) is 5.11 Å². The Labute approximate surface area is 89.5 Å². The van der Waals surface area contributed by atoms with Gasteiger partial charge in [0.1, 0.15) is 0 Å². The molecule has 2 unspecified atom stereocenters. The molecule has 3 heteroatoms. The van der Waals surface area contributed by atoms with Gasteiger partial charge in [0.2, 0.25) is 0 Å². The highest BCUT2D eigenvalue weighted by Gasteiger charge is 2.54. The van der Waals surface area contributed by atoms with Gasteiger partial charge in [-0.3, -0.25) is 4.79 Å². The summed E-state index contributed by atoms with van der Waals surface area (Å²) in [6, 6.07) is 0. The molecular formula is C12H18O3. The zero-order valence-corrected chi connectivity index (χ0v) is 8.85. The number of aliphatic carboxylic acids is 1. The van der Waals surface area contributed by atoms with Gasteiger partial charge in [-0.2, -0.15) is 0 Å². The number of rotatable bonds is 2. The summed E-state index contributed by atoms with van der Waals surface area (Å²) in [7, 11) is 0. The van der Waals surface area contributed by atoms with Crippen molar-refractivity contribution in [3.05, 3.63) is 0 Å². The zero-order chi connectivity index (χ0) is 10.6. The minimum absolute atomic E-state index is 0.318. The van der Waals surface area contributed by atoms with Crippen molar-refractivity contribution < 1.29 is 15.0 Å². The Morgan fingerprint density at radius 2 is 1.80 bits per heavy atom. The Morgan fingerprint density at radius 3 is 2.27 bits per heavy atom. The van der Waals surface area contributed by atoms with Gasteiger partial charge in [-0.05, 0) is 55.8 Å². The zero-order valence-electron chi connectivity index (χ0n) is 8.85. The summed E-state index contributed by atoms with van der Waals surface area (Å²) >= 11 is 0. The first-order chi connectivity index (χ1) is 7.06. The minimum atomic E-state index is -0.667. The van der Waals surface area contributed by atoms with Gasteiger partial charge in [0.05, 0.1) is 5.60 Å². The molecule has 0 aliphatic heterocycles. The molecule has 4 bridgehead atoms. The standard InChI is InChI=1S/C12H18O3/c13-11(14)3-10-8-1-7-2-9(10)6-12(15,4-7)5-8/h7-10,15H,1-6H2,(H,13,14). The van der Waals surface area contributed by atoms with Crippen molar-refractivity contribution in [3.8, 4) is 0 Å². The van der Waals surface area contributed by atoms with Crippen molar-refractivity contribution in [1.82, 2.24) is 0 Å². The first-order valence-corrected chi connectivity index (χ1v) is 6.00. The van der Waals surface area contributed by atoms with Crippen molar-refractivity contribution in [1.29, 1.82) is 0 Å². The highest BCUT2D eigenvalue weighted by atomic mass is 16.4. The summed E-state index contributed by atoms with van der Waals surface area (Å²) in [5.74, 6) is 1.33. The van der Waals surface area contributed by atoms with Crippen LogP contribution in [0.3, 0.4) is 0 Å². The van der Waals surface area contributed by atoms with Crippen LogP contribution in [-0.2, 0) is 4.79 Å². The fraction of sp³-hybridized carbons (Fsp3) is 0.917. The van der Waals surface area contributed by atoms with Crippen molar-refractivity contribution in [2.24, 2.45) is 23.7 Å². The number of carboxylic acid groups (broad SMARTS) is 1. The van der Waals surface area contributed by atoms with E-state index in [0.717, 1.165) is 32.1 Å². The Hall–Kier alpha value is -0.570. The lowest BCUT2D eigenvalue weighted by Crippen LogP contribution is -2.54. The summed E-state index contributed by atoms with van der Waals surface area (Å²) in [5.41, 5.74) is -0.425. The number of hydrogen-bond acceptors (Lipinski definition) is 2. The van der Waals surface area contributed by atoms with E-state index >= 15 is 0 Å². The van der Waals surface area contributed by atoms with Gasteiger partial charge in [-0.25, -0.2) is 0 Å². The molecule has 0 saturated heterocycles. The largest absolute Gasteiger partial charge is 0.481 e. The Morgan fingerprint density at radius 1 is 1.20 bits per heavy atom. The van der Waals surface area contributed by atoms with Crippen LogP contribution >= 0.6 is 0 Å².